The minimum absolute atomic E-state index is 0.373. The molecule has 0 bridgehead atoms. The van der Waals surface area contributed by atoms with Crippen LogP contribution in [0.2, 0.25) is 0 Å². The lowest BCUT2D eigenvalue weighted by Gasteiger charge is -2.32. The first-order valence-electron chi connectivity index (χ1n) is 12.6. The molecule has 8 atom stereocenters. The van der Waals surface area contributed by atoms with Gasteiger partial charge in [0.2, 0.25) is 0 Å². The lowest BCUT2D eigenvalue weighted by molar-refractivity contribution is -0.256. The van der Waals surface area contributed by atoms with Gasteiger partial charge in [0.05, 0.1) is 11.1 Å². The normalized spacial score (nSPS) is 36.4. The molecule has 2 aromatic carbocycles. The highest BCUT2D eigenvalue weighted by Crippen LogP contribution is 2.46. The van der Waals surface area contributed by atoms with Crippen molar-refractivity contribution in [2.45, 2.75) is 88.5 Å². The summed E-state index contributed by atoms with van der Waals surface area (Å²) in [4.78, 5) is 26.2. The van der Waals surface area contributed by atoms with Gasteiger partial charge in [0.15, 0.2) is 48.6 Å². The van der Waals surface area contributed by atoms with Gasteiger partial charge in [-0.05, 0) is 52.0 Å². The molecular formula is C28H30O10. The summed E-state index contributed by atoms with van der Waals surface area (Å²) >= 11 is 0. The molecule has 0 amide bonds. The van der Waals surface area contributed by atoms with Crippen LogP contribution < -0.4 is 0 Å². The number of esters is 2. The van der Waals surface area contributed by atoms with Crippen LogP contribution in [0.1, 0.15) is 48.4 Å². The van der Waals surface area contributed by atoms with Gasteiger partial charge in [-0.1, -0.05) is 36.4 Å². The van der Waals surface area contributed by atoms with Crippen LogP contribution in [-0.2, 0) is 37.9 Å². The molecule has 4 fully saturated rings. The highest BCUT2D eigenvalue weighted by molar-refractivity contribution is 5.90. The van der Waals surface area contributed by atoms with E-state index in [-0.39, 0.29) is 0 Å². The number of carbonyl (C=O) groups excluding carboxylic acids is 2. The third kappa shape index (κ3) is 4.72. The van der Waals surface area contributed by atoms with Crippen LogP contribution in [0.15, 0.2) is 60.7 Å². The molecule has 4 aliphatic heterocycles. The summed E-state index contributed by atoms with van der Waals surface area (Å²) in [6.07, 6.45) is -6.75. The van der Waals surface area contributed by atoms with Crippen molar-refractivity contribution in [2.24, 2.45) is 0 Å². The number of hydrogen-bond acceptors (Lipinski definition) is 10. The largest absolute Gasteiger partial charge is 0.453 e. The molecule has 4 heterocycles. The summed E-state index contributed by atoms with van der Waals surface area (Å²) in [6, 6.07) is 17.2. The fourth-order valence-electron chi connectivity index (χ4n) is 5.34. The predicted octanol–water partition coefficient (Wildman–Crippen LogP) is 3.19. The molecule has 0 spiro atoms. The molecule has 10 heteroatoms. The third-order valence-electron chi connectivity index (χ3n) is 6.88. The maximum atomic E-state index is 13.1. The number of hydrogen-bond donors (Lipinski definition) is 0. The van der Waals surface area contributed by atoms with E-state index in [1.165, 1.54) is 0 Å². The van der Waals surface area contributed by atoms with Crippen molar-refractivity contribution in [1.82, 2.24) is 0 Å². The van der Waals surface area contributed by atoms with E-state index in [4.69, 9.17) is 37.9 Å². The fraction of sp³-hybridized carbons (Fsp3) is 0.500. The average Bonchev–Trinajstić information content (AvgIpc) is 3.56. The van der Waals surface area contributed by atoms with E-state index in [1.807, 2.05) is 12.1 Å². The molecule has 0 saturated carbocycles. The molecule has 202 valence electrons. The molecule has 0 N–H and O–H groups in total. The Morgan fingerprint density at radius 1 is 0.579 bits per heavy atom. The topological polar surface area (TPSA) is 108 Å². The first-order valence-corrected chi connectivity index (χ1v) is 12.6. The van der Waals surface area contributed by atoms with Crippen LogP contribution in [0.5, 0.6) is 0 Å². The Bertz CT molecular complexity index is 1090. The minimum Gasteiger partial charge on any atom is -0.453 e. The Kier molecular flexibility index (Phi) is 6.29. The molecule has 0 aromatic heterocycles. The minimum atomic E-state index is -0.944. The van der Waals surface area contributed by atoms with E-state index in [9.17, 15) is 9.59 Å². The van der Waals surface area contributed by atoms with E-state index in [1.54, 1.807) is 76.2 Å². The SMILES string of the molecule is CC1(C)O[C@H]2O[C@H]([C@H]3O[C@@H]4OC(C)(C)O[C@@H]4[C@@H]3OC(=O)c3ccccc3)[C@@H](OC(=O)c3ccccc3)[C@H]2O1. The van der Waals surface area contributed by atoms with Crippen LogP contribution >= 0.6 is 0 Å². The molecule has 10 nitrogen and oxygen atoms in total. The molecule has 2 aromatic rings. The van der Waals surface area contributed by atoms with Gasteiger partial charge in [0.1, 0.15) is 12.2 Å². The van der Waals surface area contributed by atoms with Gasteiger partial charge in [0.25, 0.3) is 0 Å². The van der Waals surface area contributed by atoms with Crippen LogP contribution in [0.3, 0.4) is 0 Å². The Morgan fingerprint density at radius 3 is 1.32 bits per heavy atom. The van der Waals surface area contributed by atoms with Gasteiger partial charge in [0, 0.05) is 0 Å². The second kappa shape index (κ2) is 9.41. The van der Waals surface area contributed by atoms with E-state index in [0.717, 1.165) is 0 Å². The molecule has 4 saturated heterocycles. The maximum absolute atomic E-state index is 13.1. The number of carbonyl (C=O) groups is 2. The lowest BCUT2D eigenvalue weighted by atomic mass is 9.99. The molecular weight excluding hydrogens is 496 g/mol. The van der Waals surface area contributed by atoms with Crippen molar-refractivity contribution in [2.75, 3.05) is 0 Å². The molecule has 4 aliphatic rings. The van der Waals surface area contributed by atoms with Gasteiger partial charge in [-0.25, -0.2) is 9.59 Å². The predicted molar refractivity (Wildman–Crippen MR) is 129 cm³/mol. The average molecular weight is 527 g/mol. The molecule has 0 unspecified atom stereocenters. The van der Waals surface area contributed by atoms with Gasteiger partial charge in [-0.2, -0.15) is 0 Å². The highest BCUT2D eigenvalue weighted by Gasteiger charge is 2.65. The summed E-state index contributed by atoms with van der Waals surface area (Å²) < 4.78 is 48.4. The van der Waals surface area contributed by atoms with Gasteiger partial charge in [-0.15, -0.1) is 0 Å². The van der Waals surface area contributed by atoms with Crippen LogP contribution in [0.25, 0.3) is 0 Å². The first-order chi connectivity index (χ1) is 18.1. The molecule has 6 rings (SSSR count). The highest BCUT2D eigenvalue weighted by atomic mass is 16.9. The lowest BCUT2D eigenvalue weighted by Crippen LogP contribution is -2.50. The van der Waals surface area contributed by atoms with Gasteiger partial charge in [-0.3, -0.25) is 0 Å². The van der Waals surface area contributed by atoms with Crippen molar-refractivity contribution in [3.63, 3.8) is 0 Å². The van der Waals surface area contributed by atoms with Crippen molar-refractivity contribution in [3.8, 4) is 0 Å². The van der Waals surface area contributed by atoms with Crippen LogP contribution in [0.4, 0.5) is 0 Å². The maximum Gasteiger partial charge on any atom is 0.338 e. The van der Waals surface area contributed by atoms with Gasteiger partial charge >= 0.3 is 11.9 Å². The summed E-state index contributed by atoms with van der Waals surface area (Å²) in [5, 5.41) is 0. The number of rotatable bonds is 5. The number of benzene rings is 2. The quantitative estimate of drug-likeness (QED) is 0.539. The standard InChI is InChI=1S/C28H30O10/c1-27(2)35-21-19(31-23(29)15-11-7-5-8-12-15)17(33-25(21)37-27)18-20(22-26(34-18)38-28(3,4)36-22)32-24(30)16-13-9-6-10-14-16/h5-14,17-22,25-26H,1-4H3/t17-,18-,19-,20-,21-,22-,25-,26-/m1/s1. The first kappa shape index (κ1) is 25.4. The van der Waals surface area contributed by atoms with Gasteiger partial charge < -0.3 is 37.9 Å². The van der Waals surface area contributed by atoms with Crippen LogP contribution in [-0.4, -0.2) is 72.7 Å². The molecule has 38 heavy (non-hydrogen) atoms. The second-order valence-corrected chi connectivity index (χ2v) is 10.6. The zero-order valence-electron chi connectivity index (χ0n) is 21.5. The Labute approximate surface area is 220 Å². The number of fused-ring (bicyclic) bond motifs is 2. The van der Waals surface area contributed by atoms with Crippen molar-refractivity contribution in [1.29, 1.82) is 0 Å². The van der Waals surface area contributed by atoms with E-state index in [2.05, 4.69) is 0 Å². The second-order valence-electron chi connectivity index (χ2n) is 10.6. The summed E-state index contributed by atoms with van der Waals surface area (Å²) in [5.41, 5.74) is 0.745. The summed E-state index contributed by atoms with van der Waals surface area (Å²) in [5.74, 6) is -2.99. The zero-order chi connectivity index (χ0) is 26.7. The third-order valence-corrected chi connectivity index (χ3v) is 6.88. The summed E-state index contributed by atoms with van der Waals surface area (Å²) in [7, 11) is 0. The smallest absolute Gasteiger partial charge is 0.338 e. The Morgan fingerprint density at radius 2 is 0.947 bits per heavy atom. The van der Waals surface area contributed by atoms with Crippen molar-refractivity contribution < 1.29 is 47.5 Å². The monoisotopic (exact) mass is 526 g/mol. The Hall–Kier alpha value is -2.86. The fourth-order valence-corrected chi connectivity index (χ4v) is 5.34. The van der Waals surface area contributed by atoms with Crippen molar-refractivity contribution >= 4 is 11.9 Å². The zero-order valence-corrected chi connectivity index (χ0v) is 21.5. The van der Waals surface area contributed by atoms with E-state index < -0.39 is 72.7 Å². The Balaban J connectivity index is 1.30. The number of ether oxygens (including phenoxy) is 8. The van der Waals surface area contributed by atoms with Crippen molar-refractivity contribution in [3.05, 3.63) is 71.8 Å². The van der Waals surface area contributed by atoms with Crippen LogP contribution in [0, 0.1) is 0 Å². The summed E-state index contributed by atoms with van der Waals surface area (Å²) in [6.45, 7) is 7.02. The molecule has 0 aliphatic carbocycles. The van der Waals surface area contributed by atoms with E-state index >= 15 is 0 Å². The molecule has 0 radical (unpaired) electrons. The van der Waals surface area contributed by atoms with E-state index in [0.29, 0.717) is 11.1 Å².